The molecule has 0 saturated heterocycles. The van der Waals surface area contributed by atoms with Gasteiger partial charge < -0.3 is 14.2 Å². The van der Waals surface area contributed by atoms with Gasteiger partial charge in [0.2, 0.25) is 0 Å². The van der Waals surface area contributed by atoms with Crippen molar-refractivity contribution >= 4 is 13.7 Å². The molecule has 5 heteroatoms. The first-order valence-corrected chi connectivity index (χ1v) is 9.35. The number of hydrogen-bond donors (Lipinski definition) is 1. The summed E-state index contributed by atoms with van der Waals surface area (Å²) < 4.78 is 23.9. The summed E-state index contributed by atoms with van der Waals surface area (Å²) in [5.74, 6) is -0.0559. The maximum atomic E-state index is 13.0. The topological polar surface area (TPSA) is 55.8 Å². The fraction of sp³-hybridized carbons (Fsp3) is 0.529. The molecule has 124 valence electrons. The van der Waals surface area contributed by atoms with Crippen LogP contribution in [0.2, 0.25) is 0 Å². The molecule has 0 aliphatic rings. The molecule has 0 radical (unpaired) electrons. The van der Waals surface area contributed by atoms with Crippen LogP contribution in [0.3, 0.4) is 0 Å². The van der Waals surface area contributed by atoms with Crippen LogP contribution in [0, 0.1) is 5.92 Å². The molecule has 22 heavy (non-hydrogen) atoms. The molecule has 1 aromatic rings. The number of hydrogen-bond acceptors (Lipinski definition) is 4. The predicted octanol–water partition coefficient (Wildman–Crippen LogP) is 4.35. The van der Waals surface area contributed by atoms with E-state index in [9.17, 15) is 9.67 Å². The Balaban J connectivity index is 3.11. The van der Waals surface area contributed by atoms with Crippen molar-refractivity contribution < 1.29 is 18.7 Å². The average Bonchev–Trinajstić information content (AvgIpc) is 2.48. The highest BCUT2D eigenvalue weighted by molar-refractivity contribution is 7.55. The molecule has 0 unspecified atom stereocenters. The second-order valence-electron chi connectivity index (χ2n) is 5.37. The first-order valence-electron chi connectivity index (χ1n) is 7.74. The lowest BCUT2D eigenvalue weighted by Crippen LogP contribution is -2.31. The van der Waals surface area contributed by atoms with Gasteiger partial charge in [-0.3, -0.25) is 4.57 Å². The van der Waals surface area contributed by atoms with Gasteiger partial charge in [-0.2, -0.15) is 0 Å². The van der Waals surface area contributed by atoms with Gasteiger partial charge in [0, 0.05) is 0 Å². The van der Waals surface area contributed by atoms with Crippen molar-refractivity contribution in [1.82, 2.24) is 0 Å². The number of aliphatic hydroxyl groups is 1. The fourth-order valence-electron chi connectivity index (χ4n) is 2.14. The van der Waals surface area contributed by atoms with Crippen LogP contribution in [-0.4, -0.2) is 30.1 Å². The summed E-state index contributed by atoms with van der Waals surface area (Å²) in [6.45, 7) is 7.86. The van der Waals surface area contributed by atoms with Crippen molar-refractivity contribution in [3.63, 3.8) is 0 Å². The van der Waals surface area contributed by atoms with Gasteiger partial charge in [0.15, 0.2) is 0 Å². The second-order valence-corrected chi connectivity index (χ2v) is 7.56. The monoisotopic (exact) mass is 326 g/mol. The van der Waals surface area contributed by atoms with E-state index >= 15 is 0 Å². The Kier molecular flexibility index (Phi) is 8.05. The van der Waals surface area contributed by atoms with E-state index in [1.54, 1.807) is 19.9 Å². The quantitative estimate of drug-likeness (QED) is 0.685. The second kappa shape index (κ2) is 9.26. The SMILES string of the molecule is CCOP(=O)(OCC)[C@H](/C=C/c1ccccc1)[C@H](O)C(C)C. The zero-order valence-electron chi connectivity index (χ0n) is 13.8. The van der Waals surface area contributed by atoms with Gasteiger partial charge in [0.25, 0.3) is 0 Å². The first-order chi connectivity index (χ1) is 10.4. The van der Waals surface area contributed by atoms with Gasteiger partial charge in [-0.25, -0.2) is 0 Å². The third-order valence-electron chi connectivity index (χ3n) is 3.30. The minimum atomic E-state index is -3.41. The van der Waals surface area contributed by atoms with E-state index in [-0.39, 0.29) is 19.1 Å². The molecule has 0 heterocycles. The molecule has 0 bridgehead atoms. The lowest BCUT2D eigenvalue weighted by atomic mass is 10.0. The van der Waals surface area contributed by atoms with Crippen LogP contribution in [-0.2, 0) is 13.6 Å². The summed E-state index contributed by atoms with van der Waals surface area (Å²) in [6, 6.07) is 9.68. The molecule has 1 aromatic carbocycles. The molecule has 0 aromatic heterocycles. The highest BCUT2D eigenvalue weighted by Gasteiger charge is 2.39. The average molecular weight is 326 g/mol. The Morgan fingerprint density at radius 1 is 1.14 bits per heavy atom. The van der Waals surface area contributed by atoms with Crippen molar-refractivity contribution in [1.29, 1.82) is 0 Å². The van der Waals surface area contributed by atoms with Gasteiger partial charge in [0.1, 0.15) is 5.66 Å². The lowest BCUT2D eigenvalue weighted by molar-refractivity contribution is 0.113. The zero-order chi connectivity index (χ0) is 16.6. The first kappa shape index (κ1) is 19.1. The van der Waals surface area contributed by atoms with E-state index in [0.717, 1.165) is 5.56 Å². The van der Waals surface area contributed by atoms with E-state index in [2.05, 4.69) is 0 Å². The number of benzene rings is 1. The molecule has 0 aliphatic carbocycles. The van der Waals surface area contributed by atoms with E-state index < -0.39 is 19.4 Å². The Bertz CT molecular complexity index is 489. The Hall–Kier alpha value is -0.930. The summed E-state index contributed by atoms with van der Waals surface area (Å²) in [5, 5.41) is 10.5. The molecular formula is C17H27O4P. The van der Waals surface area contributed by atoms with Crippen LogP contribution >= 0.6 is 7.60 Å². The third kappa shape index (κ3) is 5.36. The molecule has 0 saturated carbocycles. The van der Waals surface area contributed by atoms with Crippen LogP contribution in [0.15, 0.2) is 36.4 Å². The number of aliphatic hydroxyl groups excluding tert-OH is 1. The van der Waals surface area contributed by atoms with Gasteiger partial charge in [-0.15, -0.1) is 0 Å². The highest BCUT2D eigenvalue weighted by atomic mass is 31.2. The molecule has 2 atom stereocenters. The molecule has 0 amide bonds. The van der Waals surface area contributed by atoms with Gasteiger partial charge in [-0.05, 0) is 25.3 Å². The molecule has 1 N–H and O–H groups in total. The van der Waals surface area contributed by atoms with Gasteiger partial charge >= 0.3 is 7.60 Å². The van der Waals surface area contributed by atoms with Gasteiger partial charge in [0.05, 0.1) is 19.3 Å². The summed E-state index contributed by atoms with van der Waals surface area (Å²) in [5.41, 5.74) is 0.288. The Morgan fingerprint density at radius 2 is 1.68 bits per heavy atom. The Labute approximate surface area is 133 Å². The van der Waals surface area contributed by atoms with Crippen molar-refractivity contribution in [2.75, 3.05) is 13.2 Å². The smallest absolute Gasteiger partial charge is 0.340 e. The van der Waals surface area contributed by atoms with E-state index in [1.165, 1.54) is 0 Å². The number of rotatable bonds is 9. The minimum Gasteiger partial charge on any atom is -0.392 e. The van der Waals surface area contributed by atoms with E-state index in [0.29, 0.717) is 0 Å². The summed E-state index contributed by atoms with van der Waals surface area (Å²) in [4.78, 5) is 0. The maximum Gasteiger partial charge on any atom is 0.340 e. The molecule has 0 spiro atoms. The van der Waals surface area contributed by atoms with E-state index in [4.69, 9.17) is 9.05 Å². The molecule has 0 aliphatic heterocycles. The van der Waals surface area contributed by atoms with Crippen molar-refractivity contribution in [3.8, 4) is 0 Å². The molecule has 1 rings (SSSR count). The van der Waals surface area contributed by atoms with Crippen molar-refractivity contribution in [2.24, 2.45) is 5.92 Å². The van der Waals surface area contributed by atoms with Crippen LogP contribution in [0.5, 0.6) is 0 Å². The third-order valence-corrected chi connectivity index (χ3v) is 5.75. The van der Waals surface area contributed by atoms with Crippen LogP contribution < -0.4 is 0 Å². The molecule has 0 fully saturated rings. The minimum absolute atomic E-state index is 0.0559. The Morgan fingerprint density at radius 3 is 2.14 bits per heavy atom. The highest BCUT2D eigenvalue weighted by Crippen LogP contribution is 2.55. The fourth-order valence-corrected chi connectivity index (χ4v) is 4.30. The summed E-state index contributed by atoms with van der Waals surface area (Å²) >= 11 is 0. The normalized spacial score (nSPS) is 15.4. The molecule has 4 nitrogen and oxygen atoms in total. The summed E-state index contributed by atoms with van der Waals surface area (Å²) in [6.07, 6.45) is 2.79. The lowest BCUT2D eigenvalue weighted by Gasteiger charge is -2.29. The zero-order valence-corrected chi connectivity index (χ0v) is 14.7. The largest absolute Gasteiger partial charge is 0.392 e. The van der Waals surface area contributed by atoms with Crippen molar-refractivity contribution in [3.05, 3.63) is 42.0 Å². The maximum absolute atomic E-state index is 13.0. The predicted molar refractivity (Wildman–Crippen MR) is 91.0 cm³/mol. The van der Waals surface area contributed by atoms with Crippen LogP contribution in [0.25, 0.3) is 6.08 Å². The van der Waals surface area contributed by atoms with Crippen LogP contribution in [0.4, 0.5) is 0 Å². The van der Waals surface area contributed by atoms with Crippen LogP contribution in [0.1, 0.15) is 33.3 Å². The van der Waals surface area contributed by atoms with Crippen molar-refractivity contribution in [2.45, 2.75) is 39.5 Å². The van der Waals surface area contributed by atoms with E-state index in [1.807, 2.05) is 50.3 Å². The summed E-state index contributed by atoms with van der Waals surface area (Å²) in [7, 11) is -3.41. The standard InChI is InChI=1S/C17H27O4P/c1-5-20-22(19,21-6-2)16(17(18)14(3)4)13-12-15-10-8-7-9-11-15/h7-14,16-18H,5-6H2,1-4H3/b13-12+/t16-,17-/m1/s1. The van der Waals surface area contributed by atoms with Gasteiger partial charge in [-0.1, -0.05) is 56.3 Å². The molecular weight excluding hydrogens is 299 g/mol.